The van der Waals surface area contributed by atoms with E-state index in [0.717, 1.165) is 15.7 Å². The van der Waals surface area contributed by atoms with Crippen LogP contribution in [0.5, 0.6) is 0 Å². The van der Waals surface area contributed by atoms with Crippen LogP contribution in [0.4, 0.5) is 4.79 Å². The van der Waals surface area contributed by atoms with Crippen molar-refractivity contribution in [2.24, 2.45) is 5.84 Å². The highest BCUT2D eigenvalue weighted by Gasteiger charge is 2.50. The predicted octanol–water partition coefficient (Wildman–Crippen LogP) is 0.685. The first-order valence-corrected chi connectivity index (χ1v) is 10.4. The fourth-order valence-electron chi connectivity index (χ4n) is 3.81. The van der Waals surface area contributed by atoms with Crippen molar-refractivity contribution in [2.45, 2.75) is 24.9 Å². The molecule has 2 aromatic carbocycles. The van der Waals surface area contributed by atoms with Crippen molar-refractivity contribution >= 4 is 39.0 Å². The number of hydrazine groups is 1. The van der Waals surface area contributed by atoms with Crippen LogP contribution in [0.25, 0.3) is 10.8 Å². The van der Waals surface area contributed by atoms with Gasteiger partial charge in [0.1, 0.15) is 6.04 Å². The number of rotatable bonds is 4. The maximum absolute atomic E-state index is 12.9. The number of piperidine rings is 1. The first kappa shape index (κ1) is 20.2. The van der Waals surface area contributed by atoms with E-state index >= 15 is 0 Å². The molecule has 0 saturated carbocycles. The van der Waals surface area contributed by atoms with Crippen molar-refractivity contribution in [3.63, 3.8) is 0 Å². The number of hydrogen-bond donors (Lipinski definition) is 2. The molecule has 30 heavy (non-hydrogen) atoms. The van der Waals surface area contributed by atoms with Crippen molar-refractivity contribution in [3.05, 3.63) is 48.0 Å². The summed E-state index contributed by atoms with van der Waals surface area (Å²) in [5.41, 5.74) is 0.210. The highest BCUT2D eigenvalue weighted by molar-refractivity contribution is 7.80. The maximum Gasteiger partial charge on any atom is 0.418 e. The van der Waals surface area contributed by atoms with Gasteiger partial charge in [0.05, 0.1) is 6.04 Å². The van der Waals surface area contributed by atoms with Crippen LogP contribution >= 0.6 is 0 Å². The fraction of sp³-hybridized carbons (Fsp3) is 0.278. The fourth-order valence-corrected chi connectivity index (χ4v) is 4.20. The van der Waals surface area contributed by atoms with E-state index in [4.69, 9.17) is 10.4 Å². The predicted molar refractivity (Wildman–Crippen MR) is 103 cm³/mol. The molecule has 11 nitrogen and oxygen atoms in total. The third-order valence-electron chi connectivity index (χ3n) is 5.24. The number of hydroxylamine groups is 2. The van der Waals surface area contributed by atoms with E-state index in [2.05, 4.69) is 4.28 Å². The van der Waals surface area contributed by atoms with Crippen LogP contribution in [0.2, 0.25) is 0 Å². The van der Waals surface area contributed by atoms with E-state index in [-0.39, 0.29) is 24.9 Å². The van der Waals surface area contributed by atoms with Gasteiger partial charge in [-0.3, -0.25) is 14.1 Å². The molecule has 4 rings (SSSR count). The van der Waals surface area contributed by atoms with E-state index in [1.807, 2.05) is 24.3 Å². The minimum absolute atomic E-state index is 0.00274. The Morgan fingerprint density at radius 3 is 2.53 bits per heavy atom. The molecule has 0 aromatic heterocycles. The van der Waals surface area contributed by atoms with E-state index in [0.29, 0.717) is 10.1 Å². The minimum Gasteiger partial charge on any atom is -0.309 e. The third-order valence-corrected chi connectivity index (χ3v) is 5.58. The van der Waals surface area contributed by atoms with Gasteiger partial charge in [-0.15, -0.1) is 4.28 Å². The number of fused-ring (bicyclic) bond motifs is 3. The van der Waals surface area contributed by atoms with E-state index in [1.165, 1.54) is 0 Å². The second-order valence-electron chi connectivity index (χ2n) is 7.09. The van der Waals surface area contributed by atoms with Crippen molar-refractivity contribution in [2.75, 3.05) is 6.54 Å². The molecule has 2 unspecified atom stereocenters. The van der Waals surface area contributed by atoms with Gasteiger partial charge in [-0.25, -0.2) is 15.6 Å². The Morgan fingerprint density at radius 1 is 1.13 bits per heavy atom. The van der Waals surface area contributed by atoms with Crippen molar-refractivity contribution in [1.29, 1.82) is 0 Å². The number of urea groups is 1. The smallest absolute Gasteiger partial charge is 0.309 e. The van der Waals surface area contributed by atoms with Crippen LogP contribution in [0.15, 0.2) is 42.5 Å². The Balaban J connectivity index is 1.52. The molecule has 158 valence electrons. The van der Waals surface area contributed by atoms with Crippen molar-refractivity contribution in [1.82, 2.24) is 15.0 Å². The van der Waals surface area contributed by atoms with Crippen LogP contribution in [0.1, 0.15) is 23.2 Å². The molecule has 2 atom stereocenters. The van der Waals surface area contributed by atoms with Crippen LogP contribution < -0.4 is 5.84 Å². The molecular weight excluding hydrogens is 416 g/mol. The molecule has 3 N–H and O–H groups in total. The summed E-state index contributed by atoms with van der Waals surface area (Å²) in [6.45, 7) is 0.00274. The zero-order valence-electron chi connectivity index (χ0n) is 15.5. The van der Waals surface area contributed by atoms with Crippen molar-refractivity contribution in [3.8, 4) is 0 Å². The zero-order chi connectivity index (χ0) is 21.6. The summed E-state index contributed by atoms with van der Waals surface area (Å²) >= 11 is 0. The van der Waals surface area contributed by atoms with Crippen molar-refractivity contribution < 1.29 is 31.6 Å². The standard InChI is InChI=1S/C18H18N4O7S/c19-21(16(23)13-6-5-11-3-1-2-4-12(11)9-13)17(24)15-8-7-14-10-20(15)18(25)22(14)29-30(26,27)28/h1-6,9,14-15H,7-8,10,19H2,(H,26,27,28). The molecule has 0 aliphatic carbocycles. The average Bonchev–Trinajstić information content (AvgIpc) is 2.95. The normalized spacial score (nSPS) is 21.2. The zero-order valence-corrected chi connectivity index (χ0v) is 16.4. The molecule has 2 aromatic rings. The Kier molecular flexibility index (Phi) is 4.94. The van der Waals surface area contributed by atoms with E-state index in [1.54, 1.807) is 18.2 Å². The monoisotopic (exact) mass is 434 g/mol. The minimum atomic E-state index is -4.90. The summed E-state index contributed by atoms with van der Waals surface area (Å²) in [4.78, 5) is 39.1. The largest absolute Gasteiger partial charge is 0.418 e. The first-order valence-electron chi connectivity index (χ1n) is 9.04. The van der Waals surface area contributed by atoms with Gasteiger partial charge in [0.2, 0.25) is 0 Å². The summed E-state index contributed by atoms with van der Waals surface area (Å²) in [5, 5.41) is 2.71. The third kappa shape index (κ3) is 3.61. The number of benzene rings is 2. The Bertz CT molecular complexity index is 1150. The summed E-state index contributed by atoms with van der Waals surface area (Å²) in [6, 6.07) is 9.68. The number of nitrogens with two attached hydrogens (primary N) is 1. The van der Waals surface area contributed by atoms with Gasteiger partial charge in [0.15, 0.2) is 0 Å². The lowest BCUT2D eigenvalue weighted by molar-refractivity contribution is -0.134. The molecule has 4 amide bonds. The Morgan fingerprint density at radius 2 is 1.83 bits per heavy atom. The number of carbonyl (C=O) groups excluding carboxylic acids is 3. The highest BCUT2D eigenvalue weighted by atomic mass is 32.3. The Hall–Kier alpha value is -3.06. The average molecular weight is 434 g/mol. The summed E-state index contributed by atoms with van der Waals surface area (Å²) in [5.74, 6) is 4.27. The van der Waals surface area contributed by atoms with Crippen LogP contribution in [0, 0.1) is 0 Å². The summed E-state index contributed by atoms with van der Waals surface area (Å²) in [7, 11) is -4.90. The number of hydrogen-bond acceptors (Lipinski definition) is 7. The molecule has 2 fully saturated rings. The summed E-state index contributed by atoms with van der Waals surface area (Å²) < 4.78 is 35.1. The van der Waals surface area contributed by atoms with Gasteiger partial charge in [-0.1, -0.05) is 30.3 Å². The number of amides is 4. The molecule has 0 spiro atoms. The topological polar surface area (TPSA) is 151 Å². The lowest BCUT2D eigenvalue weighted by atomic mass is 10.00. The number of carbonyl (C=O) groups is 3. The van der Waals surface area contributed by atoms with Gasteiger partial charge in [-0.2, -0.15) is 13.5 Å². The lowest BCUT2D eigenvalue weighted by Crippen LogP contribution is -2.55. The molecule has 2 saturated heterocycles. The Labute approximate surface area is 171 Å². The van der Waals surface area contributed by atoms with E-state index < -0.39 is 40.3 Å². The number of nitrogens with zero attached hydrogens (tertiary/aromatic N) is 3. The molecule has 12 heteroatoms. The summed E-state index contributed by atoms with van der Waals surface area (Å²) in [6.07, 6.45) is 0.380. The highest BCUT2D eigenvalue weighted by Crippen LogP contribution is 2.31. The molecule has 2 heterocycles. The number of imide groups is 1. The molecule has 0 radical (unpaired) electrons. The lowest BCUT2D eigenvalue weighted by Gasteiger charge is -2.31. The van der Waals surface area contributed by atoms with Gasteiger partial charge in [0.25, 0.3) is 11.8 Å². The SMILES string of the molecule is NN(C(=O)c1ccc2ccccc2c1)C(=O)C1CCC2CN1C(=O)N2OS(=O)(=O)O. The van der Waals surface area contributed by atoms with Gasteiger partial charge in [-0.05, 0) is 35.7 Å². The molecule has 2 aliphatic rings. The first-order chi connectivity index (χ1) is 14.2. The second-order valence-corrected chi connectivity index (χ2v) is 8.09. The van der Waals surface area contributed by atoms with E-state index in [9.17, 15) is 22.8 Å². The van der Waals surface area contributed by atoms with Crippen LogP contribution in [-0.4, -0.2) is 64.4 Å². The maximum atomic E-state index is 12.9. The quantitative estimate of drug-likeness (QED) is 0.234. The van der Waals surface area contributed by atoms with Gasteiger partial charge in [0, 0.05) is 12.1 Å². The molecular formula is C18H18N4O7S. The van der Waals surface area contributed by atoms with Gasteiger partial charge < -0.3 is 4.90 Å². The van der Waals surface area contributed by atoms with Crippen LogP contribution in [-0.2, 0) is 19.5 Å². The molecule has 2 bridgehead atoms. The second kappa shape index (κ2) is 7.32. The van der Waals surface area contributed by atoms with Gasteiger partial charge >= 0.3 is 16.4 Å². The molecule has 2 aliphatic heterocycles. The van der Waals surface area contributed by atoms with Crippen LogP contribution in [0.3, 0.4) is 0 Å².